The van der Waals surface area contributed by atoms with Crippen molar-refractivity contribution >= 4 is 53.8 Å². The van der Waals surface area contributed by atoms with E-state index in [-0.39, 0.29) is 20.4 Å². The fourth-order valence-electron chi connectivity index (χ4n) is 5.81. The predicted octanol–water partition coefficient (Wildman–Crippen LogP) is 9.82. The second-order valence-corrected chi connectivity index (χ2v) is 11.0. The van der Waals surface area contributed by atoms with E-state index in [1.807, 2.05) is 0 Å². The second kappa shape index (κ2) is 22.9. The van der Waals surface area contributed by atoms with Gasteiger partial charge in [-0.15, -0.1) is 0 Å². The molecule has 0 aliphatic rings. The van der Waals surface area contributed by atoms with E-state index in [1.165, 1.54) is 72.8 Å². The van der Waals surface area contributed by atoms with Crippen LogP contribution in [0.15, 0.2) is 79.0 Å². The number of nitrogens with zero attached hydrogens (tertiary/aromatic N) is 2. The van der Waals surface area contributed by atoms with E-state index in [4.69, 9.17) is 36.0 Å². The van der Waals surface area contributed by atoms with Gasteiger partial charge < -0.3 is 0 Å². The molecule has 3 aromatic carbocycles. The molecule has 2 aromatic heterocycles. The maximum atomic E-state index is 7.50. The van der Waals surface area contributed by atoms with Gasteiger partial charge in [-0.25, -0.2) is 4.98 Å². The van der Waals surface area contributed by atoms with Gasteiger partial charge in [0.25, 0.3) is 20.4 Å². The molecule has 5 rings (SSSR count). The molecule has 237 valence electrons. The van der Waals surface area contributed by atoms with E-state index < -0.39 is 0 Å². The summed E-state index contributed by atoms with van der Waals surface area (Å²) in [6, 6.07) is 25.9. The molecule has 2 heterocycles. The van der Waals surface area contributed by atoms with Gasteiger partial charge in [0.1, 0.15) is 5.15 Å². The van der Waals surface area contributed by atoms with Crippen molar-refractivity contribution in [2.45, 2.75) is 78.1 Å². The Kier molecular flexibility index (Phi) is 20.1. The standard InChI is InChI=1S/C36H39ClN2.3CO.Re/c1-3-5-7-11-21-28-25-38-34-29(32(28)26-17-12-9-13-18-26)23-24-30-33(27-19-14-10-15-20-27)31(22-16-8-6-4-2)36(37)39-35(30)34;3*1-2;/h9-10,12-15,17-20,23-25H,3-8,11,16,21-22H2,1-2H3;;;;. The number of benzene rings is 3. The Balaban J connectivity index is 0.00000143. The van der Waals surface area contributed by atoms with Crippen molar-refractivity contribution in [1.29, 1.82) is 0 Å². The molecule has 0 saturated carbocycles. The van der Waals surface area contributed by atoms with Crippen molar-refractivity contribution in [3.63, 3.8) is 0 Å². The van der Waals surface area contributed by atoms with Gasteiger partial charge in [-0.05, 0) is 59.1 Å². The third-order valence-electron chi connectivity index (χ3n) is 7.83. The molecule has 5 aromatic rings. The van der Waals surface area contributed by atoms with Crippen molar-refractivity contribution in [3.05, 3.63) is 95.3 Å². The summed E-state index contributed by atoms with van der Waals surface area (Å²) in [5, 5.41) is 2.89. The van der Waals surface area contributed by atoms with Crippen LogP contribution in [-0.4, -0.2) is 30.3 Å². The van der Waals surface area contributed by atoms with E-state index >= 15 is 0 Å². The number of carbonyl (C=O) groups excluding carboxylic acids is 3. The zero-order valence-corrected chi connectivity index (χ0v) is 29.9. The van der Waals surface area contributed by atoms with Gasteiger partial charge in [0, 0.05) is 37.4 Å². The zero-order chi connectivity index (χ0) is 33.0. The molecule has 0 amide bonds. The zero-order valence-electron chi connectivity index (χ0n) is 26.5. The van der Waals surface area contributed by atoms with Crippen molar-refractivity contribution in [1.82, 2.24) is 9.97 Å². The summed E-state index contributed by atoms with van der Waals surface area (Å²) in [7, 11) is 0. The number of rotatable bonds is 12. The van der Waals surface area contributed by atoms with Gasteiger partial charge in [-0.2, -0.15) is 0 Å². The van der Waals surface area contributed by atoms with Crippen LogP contribution >= 0.6 is 11.6 Å². The summed E-state index contributed by atoms with van der Waals surface area (Å²) in [4.78, 5) is 32.6. The minimum atomic E-state index is 0. The molecule has 7 heteroatoms. The van der Waals surface area contributed by atoms with Crippen LogP contribution in [0.5, 0.6) is 0 Å². The molecular formula is C39H39ClN2O3Re. The molecule has 0 fully saturated rings. The number of unbranched alkanes of at least 4 members (excludes halogenated alkanes) is 6. The topological polar surface area (TPSA) is 77.0 Å². The van der Waals surface area contributed by atoms with E-state index in [0.29, 0.717) is 5.15 Å². The average molecular weight is 805 g/mol. The molecule has 0 saturated heterocycles. The molecule has 0 aliphatic carbocycles. The Hall–Kier alpha value is -3.56. The van der Waals surface area contributed by atoms with Crippen molar-refractivity contribution in [3.8, 4) is 22.3 Å². The molecule has 0 bridgehead atoms. The molecule has 0 atom stereocenters. The monoisotopic (exact) mass is 805 g/mol. The number of hydrogen-bond acceptors (Lipinski definition) is 5. The van der Waals surface area contributed by atoms with E-state index in [0.717, 1.165) is 46.6 Å². The number of fused-ring (bicyclic) bond motifs is 3. The first kappa shape index (κ1) is 40.5. The molecule has 46 heavy (non-hydrogen) atoms. The van der Waals surface area contributed by atoms with Crippen LogP contribution in [0.1, 0.15) is 76.3 Å². The van der Waals surface area contributed by atoms with Crippen LogP contribution in [0.3, 0.4) is 0 Å². The van der Waals surface area contributed by atoms with Crippen LogP contribution in [0.4, 0.5) is 0 Å². The Morgan fingerprint density at radius 2 is 1.07 bits per heavy atom. The molecule has 0 spiro atoms. The quantitative estimate of drug-likeness (QED) is 0.0714. The maximum absolute atomic E-state index is 7.50. The van der Waals surface area contributed by atoms with Crippen LogP contribution in [0.25, 0.3) is 44.1 Å². The fraction of sp³-hybridized carbons (Fsp3) is 0.308. The normalized spacial score (nSPS) is 9.98. The molecule has 0 N–H and O–H groups in total. The van der Waals surface area contributed by atoms with E-state index in [2.05, 4.69) is 113 Å². The SMILES string of the molecule is CCCCCCc1cnc2c(ccc3c(-c4ccccc4)c(CCCCCC)c(Cl)nc32)c1-c1ccccc1.[C]=O.[C]=O.[C]=O.[Re]. The number of hydrogen-bond donors (Lipinski definition) is 0. The smallest absolute Gasteiger partial charge is 0.281 e. The summed E-state index contributed by atoms with van der Waals surface area (Å²) in [6.07, 6.45) is 13.8. The van der Waals surface area contributed by atoms with Gasteiger partial charge in [0.2, 0.25) is 0 Å². The molecular weight excluding hydrogens is 766 g/mol. The van der Waals surface area contributed by atoms with Gasteiger partial charge in [0.05, 0.1) is 11.0 Å². The molecule has 0 unspecified atom stereocenters. The summed E-state index contributed by atoms with van der Waals surface area (Å²) in [5.41, 5.74) is 9.19. The van der Waals surface area contributed by atoms with Crippen LogP contribution in [0, 0.1) is 0 Å². The van der Waals surface area contributed by atoms with Gasteiger partial charge in [0.15, 0.2) is 0 Å². The largest absolute Gasteiger partial charge is 0.281 e. The fourth-order valence-corrected chi connectivity index (χ4v) is 6.08. The van der Waals surface area contributed by atoms with Crippen molar-refractivity contribution in [2.24, 2.45) is 0 Å². The predicted molar refractivity (Wildman–Crippen MR) is 186 cm³/mol. The number of aromatic nitrogens is 2. The molecule has 0 aliphatic heterocycles. The van der Waals surface area contributed by atoms with Crippen molar-refractivity contribution < 1.29 is 34.8 Å². The first-order valence-electron chi connectivity index (χ1n) is 15.4. The van der Waals surface area contributed by atoms with Crippen molar-refractivity contribution in [2.75, 3.05) is 0 Å². The third-order valence-corrected chi connectivity index (χ3v) is 8.14. The first-order valence-corrected chi connectivity index (χ1v) is 15.8. The van der Waals surface area contributed by atoms with Crippen LogP contribution in [-0.2, 0) is 47.6 Å². The number of halogens is 1. The second-order valence-electron chi connectivity index (χ2n) is 10.6. The minimum Gasteiger partial charge on any atom is -0.281 e. The third kappa shape index (κ3) is 10.2. The number of aryl methyl sites for hydroxylation is 1. The minimum absolute atomic E-state index is 0. The van der Waals surface area contributed by atoms with E-state index in [9.17, 15) is 0 Å². The van der Waals surface area contributed by atoms with Crippen LogP contribution < -0.4 is 0 Å². The Bertz CT molecular complexity index is 1600. The number of pyridine rings is 2. The molecule has 7 radical (unpaired) electrons. The molecule has 5 nitrogen and oxygen atoms in total. The van der Waals surface area contributed by atoms with E-state index in [1.54, 1.807) is 0 Å². The maximum Gasteiger partial charge on any atom is 0.281 e. The average Bonchev–Trinajstić information content (AvgIpc) is 3.11. The van der Waals surface area contributed by atoms with Gasteiger partial charge in [-0.1, -0.05) is 137 Å². The van der Waals surface area contributed by atoms with Gasteiger partial charge in [-0.3, -0.25) is 19.4 Å². The summed E-state index contributed by atoms with van der Waals surface area (Å²) in [6.45, 7) is 18.0. The Morgan fingerprint density at radius 1 is 0.587 bits per heavy atom. The summed E-state index contributed by atoms with van der Waals surface area (Å²) < 4.78 is 0. The summed E-state index contributed by atoms with van der Waals surface area (Å²) in [5.74, 6) is 0. The Labute approximate surface area is 292 Å². The van der Waals surface area contributed by atoms with Gasteiger partial charge >= 0.3 is 0 Å². The Morgan fingerprint density at radius 3 is 1.59 bits per heavy atom. The summed E-state index contributed by atoms with van der Waals surface area (Å²) >= 11 is 7.02. The van der Waals surface area contributed by atoms with Crippen LogP contribution in [0.2, 0.25) is 5.15 Å². The first-order chi connectivity index (χ1) is 22.2.